The Hall–Kier alpha value is -1.35. The topological polar surface area (TPSA) is 35.8 Å². The van der Waals surface area contributed by atoms with Crippen LogP contribution in [0.5, 0.6) is 0 Å². The van der Waals surface area contributed by atoms with E-state index >= 15 is 0 Å². The van der Waals surface area contributed by atoms with Crippen molar-refractivity contribution in [3.63, 3.8) is 0 Å². The lowest BCUT2D eigenvalue weighted by molar-refractivity contribution is -0.137. The van der Waals surface area contributed by atoms with Crippen molar-refractivity contribution < 1.29 is 13.2 Å². The molecule has 1 saturated heterocycles. The number of hydrogen-bond donors (Lipinski definition) is 1. The van der Waals surface area contributed by atoms with Gasteiger partial charge in [0.25, 0.3) is 0 Å². The lowest BCUT2D eigenvalue weighted by Crippen LogP contribution is -2.41. The summed E-state index contributed by atoms with van der Waals surface area (Å²) in [6, 6.07) is 5.28. The number of nitrogens with zero attached hydrogens (tertiary/aromatic N) is 1. The number of thioether (sulfide) groups is 1. The molecule has 114 valence electrons. The van der Waals surface area contributed by atoms with Crippen LogP contribution in [0.2, 0.25) is 0 Å². The Morgan fingerprint density at radius 1 is 1.38 bits per heavy atom. The molecule has 0 saturated carbocycles. The van der Waals surface area contributed by atoms with Gasteiger partial charge in [-0.15, -0.1) is 0 Å². The predicted molar refractivity (Wildman–Crippen MR) is 79.3 cm³/mol. The van der Waals surface area contributed by atoms with Gasteiger partial charge in [-0.3, -0.25) is 0 Å². The fourth-order valence-corrected chi connectivity index (χ4v) is 3.91. The van der Waals surface area contributed by atoms with Gasteiger partial charge in [0, 0.05) is 11.8 Å². The molecule has 1 aliphatic rings. The summed E-state index contributed by atoms with van der Waals surface area (Å²) in [5.74, 6) is 1.97. The standard InChI is InChI=1S/C15H17F3N2S/c1-14(2)5-6-21-9-13(14)20-12-4-3-11(15(16,17)18)7-10(12)8-19/h3-4,7,13,20H,5-6,9H2,1-2H3. The summed E-state index contributed by atoms with van der Waals surface area (Å²) in [7, 11) is 0. The highest BCUT2D eigenvalue weighted by molar-refractivity contribution is 7.99. The van der Waals surface area contributed by atoms with Crippen molar-refractivity contribution in [3.8, 4) is 6.07 Å². The number of hydrogen-bond acceptors (Lipinski definition) is 3. The Kier molecular flexibility index (Phi) is 4.43. The van der Waals surface area contributed by atoms with Crippen LogP contribution in [0.25, 0.3) is 0 Å². The smallest absolute Gasteiger partial charge is 0.380 e. The molecule has 2 rings (SSSR count). The van der Waals surface area contributed by atoms with E-state index in [4.69, 9.17) is 5.26 Å². The molecule has 6 heteroatoms. The summed E-state index contributed by atoms with van der Waals surface area (Å²) in [5.41, 5.74) is -0.218. The third kappa shape index (κ3) is 3.65. The number of nitrogens with one attached hydrogen (secondary N) is 1. The van der Waals surface area contributed by atoms with Gasteiger partial charge in [0.15, 0.2) is 0 Å². The average Bonchev–Trinajstić information content (AvgIpc) is 2.40. The van der Waals surface area contributed by atoms with Gasteiger partial charge in [0.2, 0.25) is 0 Å². The third-order valence-corrected chi connectivity index (χ3v) is 4.98. The van der Waals surface area contributed by atoms with Crippen LogP contribution in [-0.2, 0) is 6.18 Å². The Balaban J connectivity index is 2.26. The molecule has 2 nitrogen and oxygen atoms in total. The van der Waals surface area contributed by atoms with Crippen molar-refractivity contribution in [1.29, 1.82) is 5.26 Å². The summed E-state index contributed by atoms with van der Waals surface area (Å²) < 4.78 is 38.1. The second-order valence-corrected chi connectivity index (χ2v) is 7.03. The summed E-state index contributed by atoms with van der Waals surface area (Å²) in [4.78, 5) is 0. The maximum Gasteiger partial charge on any atom is 0.416 e. The molecule has 0 amide bonds. The molecule has 1 aromatic rings. The number of anilines is 1. The first-order valence-corrected chi connectivity index (χ1v) is 7.85. The first-order valence-electron chi connectivity index (χ1n) is 6.70. The molecule has 1 aromatic carbocycles. The second-order valence-electron chi connectivity index (χ2n) is 5.88. The van der Waals surface area contributed by atoms with Crippen molar-refractivity contribution in [2.45, 2.75) is 32.5 Å². The van der Waals surface area contributed by atoms with Gasteiger partial charge in [-0.2, -0.15) is 30.2 Å². The molecule has 0 aromatic heterocycles. The summed E-state index contributed by atoms with van der Waals surface area (Å²) in [5, 5.41) is 12.4. The predicted octanol–water partition coefficient (Wildman–Crippen LogP) is 4.52. The summed E-state index contributed by atoms with van der Waals surface area (Å²) in [6.45, 7) is 4.28. The van der Waals surface area contributed by atoms with Crippen LogP contribution < -0.4 is 5.32 Å². The number of alkyl halides is 3. The highest BCUT2D eigenvalue weighted by Crippen LogP contribution is 2.37. The van der Waals surface area contributed by atoms with E-state index in [1.807, 2.05) is 17.8 Å². The zero-order valence-electron chi connectivity index (χ0n) is 11.9. The Morgan fingerprint density at radius 2 is 2.10 bits per heavy atom. The van der Waals surface area contributed by atoms with Gasteiger partial charge < -0.3 is 5.32 Å². The van der Waals surface area contributed by atoms with Gasteiger partial charge in [-0.1, -0.05) is 13.8 Å². The second kappa shape index (κ2) is 5.80. The molecule has 1 heterocycles. The van der Waals surface area contributed by atoms with E-state index < -0.39 is 11.7 Å². The number of rotatable bonds is 2. The number of benzene rings is 1. The molecule has 0 spiro atoms. The van der Waals surface area contributed by atoms with Crippen LogP contribution in [0.3, 0.4) is 0 Å². The molecule has 0 aliphatic carbocycles. The van der Waals surface area contributed by atoms with Crippen LogP contribution in [0, 0.1) is 16.7 Å². The minimum absolute atomic E-state index is 0.0381. The van der Waals surface area contributed by atoms with E-state index in [9.17, 15) is 13.2 Å². The van der Waals surface area contributed by atoms with E-state index in [1.165, 1.54) is 6.07 Å². The molecule has 1 aliphatic heterocycles. The molecule has 0 radical (unpaired) electrons. The normalized spacial score (nSPS) is 21.6. The first kappa shape index (κ1) is 16.0. The van der Waals surface area contributed by atoms with Crippen molar-refractivity contribution in [1.82, 2.24) is 0 Å². The Labute approximate surface area is 126 Å². The highest BCUT2D eigenvalue weighted by Gasteiger charge is 2.34. The molecule has 21 heavy (non-hydrogen) atoms. The maximum absolute atomic E-state index is 12.7. The fraction of sp³-hybridized carbons (Fsp3) is 0.533. The lowest BCUT2D eigenvalue weighted by Gasteiger charge is -2.39. The van der Waals surface area contributed by atoms with Crippen molar-refractivity contribution in [2.75, 3.05) is 16.8 Å². The van der Waals surface area contributed by atoms with E-state index in [-0.39, 0.29) is 17.0 Å². The third-order valence-electron chi connectivity index (χ3n) is 3.92. The largest absolute Gasteiger partial charge is 0.416 e. The quantitative estimate of drug-likeness (QED) is 0.872. The first-order chi connectivity index (χ1) is 9.74. The number of halogens is 3. The zero-order valence-corrected chi connectivity index (χ0v) is 12.7. The molecule has 0 bridgehead atoms. The molecule has 1 unspecified atom stereocenters. The SMILES string of the molecule is CC1(C)CCSCC1Nc1ccc(C(F)(F)F)cc1C#N. The van der Waals surface area contributed by atoms with Crippen LogP contribution >= 0.6 is 11.8 Å². The molecular weight excluding hydrogens is 297 g/mol. The van der Waals surface area contributed by atoms with E-state index in [0.29, 0.717) is 5.69 Å². The summed E-state index contributed by atoms with van der Waals surface area (Å²) in [6.07, 6.45) is -3.39. The molecule has 1 N–H and O–H groups in total. The van der Waals surface area contributed by atoms with E-state index in [1.54, 1.807) is 0 Å². The Bertz CT molecular complexity index is 561. The van der Waals surface area contributed by atoms with Crippen LogP contribution in [0.1, 0.15) is 31.4 Å². The van der Waals surface area contributed by atoms with Crippen molar-refractivity contribution in [3.05, 3.63) is 29.3 Å². The van der Waals surface area contributed by atoms with E-state index in [2.05, 4.69) is 19.2 Å². The summed E-state index contributed by atoms with van der Waals surface area (Å²) >= 11 is 1.82. The van der Waals surface area contributed by atoms with Crippen molar-refractivity contribution >= 4 is 17.4 Å². The average molecular weight is 314 g/mol. The van der Waals surface area contributed by atoms with Gasteiger partial charge in [-0.05, 0) is 35.8 Å². The van der Waals surface area contributed by atoms with Crippen LogP contribution in [-0.4, -0.2) is 17.5 Å². The molecule has 1 fully saturated rings. The fourth-order valence-electron chi connectivity index (χ4n) is 2.30. The minimum atomic E-state index is -4.43. The van der Waals surface area contributed by atoms with Crippen LogP contribution in [0.4, 0.5) is 18.9 Å². The Morgan fingerprint density at radius 3 is 2.67 bits per heavy atom. The van der Waals surface area contributed by atoms with Gasteiger partial charge >= 0.3 is 6.18 Å². The highest BCUT2D eigenvalue weighted by atomic mass is 32.2. The van der Waals surface area contributed by atoms with Gasteiger partial charge in [-0.25, -0.2) is 0 Å². The monoisotopic (exact) mass is 314 g/mol. The van der Waals surface area contributed by atoms with Gasteiger partial charge in [0.05, 0.1) is 16.8 Å². The van der Waals surface area contributed by atoms with Crippen molar-refractivity contribution in [2.24, 2.45) is 5.41 Å². The lowest BCUT2D eigenvalue weighted by atomic mass is 9.82. The van der Waals surface area contributed by atoms with E-state index in [0.717, 1.165) is 30.1 Å². The maximum atomic E-state index is 12.7. The molecule has 1 atom stereocenters. The van der Waals surface area contributed by atoms with Crippen LogP contribution in [0.15, 0.2) is 18.2 Å². The minimum Gasteiger partial charge on any atom is -0.380 e. The zero-order chi connectivity index (χ0) is 15.7. The molecular formula is C15H17F3N2S. The number of nitriles is 1. The van der Waals surface area contributed by atoms with Gasteiger partial charge in [0.1, 0.15) is 6.07 Å².